The maximum atomic E-state index is 14.8. The quantitative estimate of drug-likeness (QED) is 0.111. The summed E-state index contributed by atoms with van der Waals surface area (Å²) in [5, 5.41) is 14.1. The van der Waals surface area contributed by atoms with E-state index in [9.17, 15) is 28.8 Å². The molecule has 0 aromatic rings. The second-order valence-corrected chi connectivity index (χ2v) is 16.6. The molecule has 2 aliphatic carbocycles. The topological polar surface area (TPSA) is 175 Å². The molecule has 13 heteroatoms. The minimum absolute atomic E-state index is 0.0167. The van der Waals surface area contributed by atoms with Gasteiger partial charge >= 0.3 is 12.1 Å². The summed E-state index contributed by atoms with van der Waals surface area (Å²) >= 11 is 0. The van der Waals surface area contributed by atoms with E-state index in [1.165, 1.54) is 6.08 Å². The molecule has 2 saturated carbocycles. The summed E-state index contributed by atoms with van der Waals surface area (Å²) in [4.78, 5) is 82.0. The lowest BCUT2D eigenvalue weighted by molar-refractivity contribution is -0.144. The van der Waals surface area contributed by atoms with Gasteiger partial charge in [0.1, 0.15) is 18.7 Å². The zero-order valence-electron chi connectivity index (χ0n) is 32.0. The Morgan fingerprint density at radius 2 is 1.65 bits per heavy atom. The number of Topliss-reactive ketones (excluding diaryl/α,β-unsaturated/α-hetero) is 1. The third kappa shape index (κ3) is 12.2. The second-order valence-electron chi connectivity index (χ2n) is 16.6. The number of hydrogen-bond donors (Lipinski definition) is 5. The molecule has 6 amide bonds. The summed E-state index contributed by atoms with van der Waals surface area (Å²) < 4.78 is 5.49. The molecule has 1 heterocycles. The second kappa shape index (κ2) is 18.7. The number of ether oxygens (including phenoxy) is 1. The Hall–Kier alpha value is -3.64. The maximum Gasteiger partial charge on any atom is 0.407 e. The van der Waals surface area contributed by atoms with E-state index in [4.69, 9.17) is 4.74 Å². The van der Waals surface area contributed by atoms with Gasteiger partial charge in [-0.3, -0.25) is 19.2 Å². The van der Waals surface area contributed by atoms with E-state index >= 15 is 0 Å². The number of urea groups is 1. The molecule has 3 unspecified atom stereocenters. The van der Waals surface area contributed by atoms with E-state index in [0.717, 1.165) is 44.9 Å². The number of alkyl carbamates (subject to hydrolysis) is 1. The van der Waals surface area contributed by atoms with Gasteiger partial charge in [-0.2, -0.15) is 0 Å². The predicted octanol–water partition coefficient (Wildman–Crippen LogP) is 4.20. The SMILES string of the molecule is C=CCNC(=O)C(=O)C(CCC)NC(=O)C1C[C@@H](C(C)C)CN1C(=O)[C@@H](NC(=O)NC(COC(=O)NCC1CC1)C(C)(C)C)C1(C)CCCCC1. The summed E-state index contributed by atoms with van der Waals surface area (Å²) in [6.45, 7) is 18.3. The minimum atomic E-state index is -1.04. The monoisotopic (exact) mass is 716 g/mol. The molecule has 0 spiro atoms. The van der Waals surface area contributed by atoms with Crippen LogP contribution >= 0.6 is 0 Å². The van der Waals surface area contributed by atoms with Crippen LogP contribution in [0.2, 0.25) is 0 Å². The van der Waals surface area contributed by atoms with Crippen LogP contribution in [0.3, 0.4) is 0 Å². The number of hydrogen-bond acceptors (Lipinski definition) is 7. The lowest BCUT2D eigenvalue weighted by atomic mass is 9.70. The van der Waals surface area contributed by atoms with Gasteiger partial charge in [0.05, 0.1) is 12.1 Å². The van der Waals surface area contributed by atoms with Gasteiger partial charge in [0.15, 0.2) is 0 Å². The van der Waals surface area contributed by atoms with E-state index in [1.807, 2.05) is 48.5 Å². The van der Waals surface area contributed by atoms with E-state index in [1.54, 1.807) is 4.90 Å². The molecule has 0 radical (unpaired) electrons. The highest BCUT2D eigenvalue weighted by Gasteiger charge is 2.49. The van der Waals surface area contributed by atoms with Gasteiger partial charge in [-0.25, -0.2) is 9.59 Å². The van der Waals surface area contributed by atoms with Crippen molar-refractivity contribution in [2.75, 3.05) is 26.2 Å². The molecule has 3 fully saturated rings. The van der Waals surface area contributed by atoms with Crippen molar-refractivity contribution >= 4 is 35.6 Å². The standard InChI is InChI=1S/C38H64N6O7/c1-9-14-27(30(45)33(47)39-19-10-2)41-32(46)28-20-26(24(3)4)22-44(28)34(48)31(38(8)17-12-11-13-18-38)43-35(49)42-29(37(5,6)7)23-51-36(50)40-21-25-15-16-25/h10,24-29,31H,2,9,11-23H2,1,3-8H3,(H,39,47)(H,40,50)(H,41,46)(H2,42,43,49)/t26-,27?,28?,29?,31-/m1/s1. The Labute approximate surface area is 304 Å². The van der Waals surface area contributed by atoms with Gasteiger partial charge in [-0.1, -0.05) is 80.2 Å². The lowest BCUT2D eigenvalue weighted by Gasteiger charge is -2.42. The summed E-state index contributed by atoms with van der Waals surface area (Å²) in [5.41, 5.74) is -1.04. The van der Waals surface area contributed by atoms with Crippen molar-refractivity contribution in [1.29, 1.82) is 0 Å². The smallest absolute Gasteiger partial charge is 0.407 e. The van der Waals surface area contributed by atoms with E-state index < -0.39 is 64.7 Å². The van der Waals surface area contributed by atoms with Gasteiger partial charge in [0.25, 0.3) is 5.91 Å². The first-order valence-electron chi connectivity index (χ1n) is 19.0. The maximum absolute atomic E-state index is 14.8. The average Bonchev–Trinajstić information content (AvgIpc) is 3.80. The molecule has 13 nitrogen and oxygen atoms in total. The number of nitrogens with zero attached hydrogens (tertiary/aromatic N) is 1. The molecule has 3 aliphatic rings. The fraction of sp³-hybridized carbons (Fsp3) is 0.789. The van der Waals surface area contributed by atoms with E-state index in [0.29, 0.717) is 31.8 Å². The fourth-order valence-corrected chi connectivity index (χ4v) is 7.03. The van der Waals surface area contributed by atoms with Gasteiger partial charge in [0, 0.05) is 19.6 Å². The molecule has 0 aromatic heterocycles. The zero-order chi connectivity index (χ0) is 37.9. The highest BCUT2D eigenvalue weighted by molar-refractivity contribution is 6.38. The zero-order valence-corrected chi connectivity index (χ0v) is 32.0. The fourth-order valence-electron chi connectivity index (χ4n) is 7.03. The number of rotatable bonds is 17. The Morgan fingerprint density at radius 1 is 0.980 bits per heavy atom. The summed E-state index contributed by atoms with van der Waals surface area (Å²) in [6, 6.07) is -3.95. The molecule has 51 heavy (non-hydrogen) atoms. The number of carbonyl (C=O) groups is 6. The van der Waals surface area contributed by atoms with Crippen molar-refractivity contribution in [3.05, 3.63) is 12.7 Å². The third-order valence-electron chi connectivity index (χ3n) is 10.9. The summed E-state index contributed by atoms with van der Waals surface area (Å²) in [7, 11) is 0. The Morgan fingerprint density at radius 3 is 2.22 bits per heavy atom. The van der Waals surface area contributed by atoms with Crippen molar-refractivity contribution in [3.8, 4) is 0 Å². The molecule has 5 atom stereocenters. The van der Waals surface area contributed by atoms with Crippen molar-refractivity contribution in [1.82, 2.24) is 31.5 Å². The summed E-state index contributed by atoms with van der Waals surface area (Å²) in [5.74, 6) is -1.69. The van der Waals surface area contributed by atoms with Crippen LogP contribution in [0.15, 0.2) is 12.7 Å². The van der Waals surface area contributed by atoms with Crippen LogP contribution in [-0.4, -0.2) is 90.9 Å². The Bertz CT molecular complexity index is 1250. The molecule has 1 aliphatic heterocycles. The number of amides is 6. The van der Waals surface area contributed by atoms with Crippen LogP contribution in [0.4, 0.5) is 9.59 Å². The van der Waals surface area contributed by atoms with E-state index in [-0.39, 0.29) is 37.3 Å². The van der Waals surface area contributed by atoms with Gasteiger partial charge in [0.2, 0.25) is 17.6 Å². The number of likely N-dealkylation sites (tertiary alicyclic amines) is 1. The van der Waals surface area contributed by atoms with Gasteiger partial charge in [-0.05, 0) is 67.1 Å². The van der Waals surface area contributed by atoms with Crippen molar-refractivity contribution < 1.29 is 33.5 Å². The highest BCUT2D eigenvalue weighted by atomic mass is 16.5. The van der Waals surface area contributed by atoms with Crippen LogP contribution in [0.25, 0.3) is 0 Å². The first-order chi connectivity index (χ1) is 24.0. The molecule has 288 valence electrons. The number of nitrogens with one attached hydrogen (secondary N) is 5. The number of carbonyl (C=O) groups excluding carboxylic acids is 6. The van der Waals surface area contributed by atoms with Crippen LogP contribution in [-0.2, 0) is 23.9 Å². The van der Waals surface area contributed by atoms with Crippen molar-refractivity contribution in [3.63, 3.8) is 0 Å². The summed E-state index contributed by atoms with van der Waals surface area (Å²) in [6.07, 6.45) is 8.65. The van der Waals surface area contributed by atoms with Crippen LogP contribution in [0, 0.1) is 28.6 Å². The average molecular weight is 717 g/mol. The first kappa shape index (κ1) is 41.8. The molecule has 3 rings (SSSR count). The molecule has 0 aromatic carbocycles. The first-order valence-corrected chi connectivity index (χ1v) is 19.0. The molecule has 5 N–H and O–H groups in total. The predicted molar refractivity (Wildman–Crippen MR) is 195 cm³/mol. The minimum Gasteiger partial charge on any atom is -0.447 e. The normalized spacial score (nSPS) is 21.8. The van der Waals surface area contributed by atoms with Crippen LogP contribution < -0.4 is 26.6 Å². The Kier molecular flexibility index (Phi) is 15.3. The highest BCUT2D eigenvalue weighted by Crippen LogP contribution is 2.41. The Balaban J connectivity index is 1.83. The van der Waals surface area contributed by atoms with Gasteiger partial charge in [-0.15, -0.1) is 6.58 Å². The van der Waals surface area contributed by atoms with Gasteiger partial charge < -0.3 is 36.2 Å². The third-order valence-corrected chi connectivity index (χ3v) is 10.9. The molecule has 0 bridgehead atoms. The lowest BCUT2D eigenvalue weighted by Crippen LogP contribution is -2.62. The van der Waals surface area contributed by atoms with Crippen LogP contribution in [0.5, 0.6) is 0 Å². The van der Waals surface area contributed by atoms with Crippen molar-refractivity contribution in [2.24, 2.45) is 28.6 Å². The number of ketones is 1. The van der Waals surface area contributed by atoms with Crippen LogP contribution in [0.1, 0.15) is 113 Å². The molecular weight excluding hydrogens is 652 g/mol. The van der Waals surface area contributed by atoms with E-state index in [2.05, 4.69) is 33.2 Å². The molecular formula is C38H64N6O7. The van der Waals surface area contributed by atoms with Crippen molar-refractivity contribution in [2.45, 2.75) is 137 Å². The largest absolute Gasteiger partial charge is 0.447 e. The molecule has 1 saturated heterocycles.